The molecule has 0 aliphatic carbocycles. The van der Waals surface area contributed by atoms with E-state index in [9.17, 15) is 19.8 Å². The zero-order valence-corrected chi connectivity index (χ0v) is 16.5. The Kier molecular flexibility index (Phi) is 20.9. The van der Waals surface area contributed by atoms with Gasteiger partial charge in [-0.05, 0) is 12.8 Å². The molecule has 0 aromatic heterocycles. The molecule has 0 aromatic carbocycles. The molecule has 0 unspecified atom stereocenters. The number of carboxylic acid groups (broad SMARTS) is 2. The standard InChI is InChI=1S/C21H40O4.K.H/c1-3-5-7-9-11-13-15-17-21(19(22)23,20(24)25)18-16-14-12-10-8-6-4-2;;/h3-18H2,1-2H3,(H,22,23)(H,24,25);;. The van der Waals surface area contributed by atoms with Crippen molar-refractivity contribution in [2.24, 2.45) is 5.41 Å². The fourth-order valence-electron chi connectivity index (χ4n) is 3.41. The van der Waals surface area contributed by atoms with Gasteiger partial charge in [-0.2, -0.15) is 0 Å². The molecule has 0 spiro atoms. The average Bonchev–Trinajstić information content (AvgIpc) is 2.57. The van der Waals surface area contributed by atoms with E-state index in [1.54, 1.807) is 0 Å². The van der Waals surface area contributed by atoms with Gasteiger partial charge in [0, 0.05) is 0 Å². The van der Waals surface area contributed by atoms with Crippen LogP contribution in [0.4, 0.5) is 0 Å². The molecular formula is C21H41KO4. The van der Waals surface area contributed by atoms with E-state index in [0.29, 0.717) is 12.8 Å². The van der Waals surface area contributed by atoms with Crippen molar-refractivity contribution in [2.45, 2.75) is 117 Å². The van der Waals surface area contributed by atoms with Gasteiger partial charge in [0.05, 0.1) is 0 Å². The molecule has 4 nitrogen and oxygen atoms in total. The molecule has 0 heterocycles. The molecule has 0 aliphatic rings. The first-order valence-electron chi connectivity index (χ1n) is 10.5. The quantitative estimate of drug-likeness (QED) is 0.175. The fraction of sp³-hybridized carbons (Fsp3) is 0.905. The summed E-state index contributed by atoms with van der Waals surface area (Å²) in [7, 11) is 0. The SMILES string of the molecule is CCCCCCCCCC(CCCCCCCCC)(C(=O)O)C(=O)O.[KH]. The Hall–Kier alpha value is 0.576. The normalized spacial score (nSPS) is 11.2. The van der Waals surface area contributed by atoms with Gasteiger partial charge in [-0.15, -0.1) is 0 Å². The van der Waals surface area contributed by atoms with Gasteiger partial charge in [-0.25, -0.2) is 0 Å². The van der Waals surface area contributed by atoms with Gasteiger partial charge in [-0.3, -0.25) is 9.59 Å². The van der Waals surface area contributed by atoms with Crippen molar-refractivity contribution >= 4 is 63.3 Å². The summed E-state index contributed by atoms with van der Waals surface area (Å²) in [5.74, 6) is -2.31. The maximum atomic E-state index is 11.7. The van der Waals surface area contributed by atoms with E-state index >= 15 is 0 Å². The summed E-state index contributed by atoms with van der Waals surface area (Å²) in [5, 5.41) is 19.1. The molecule has 0 bridgehead atoms. The topological polar surface area (TPSA) is 74.6 Å². The first-order chi connectivity index (χ1) is 12.0. The second kappa shape index (κ2) is 18.9. The van der Waals surface area contributed by atoms with Crippen molar-refractivity contribution in [1.82, 2.24) is 0 Å². The van der Waals surface area contributed by atoms with Crippen LogP contribution in [0.3, 0.4) is 0 Å². The van der Waals surface area contributed by atoms with Crippen LogP contribution in [0.5, 0.6) is 0 Å². The second-order valence-electron chi connectivity index (χ2n) is 7.44. The summed E-state index contributed by atoms with van der Waals surface area (Å²) in [6.07, 6.45) is 15.6. The summed E-state index contributed by atoms with van der Waals surface area (Å²) in [6.45, 7) is 4.36. The molecule has 0 fully saturated rings. The van der Waals surface area contributed by atoms with Gasteiger partial charge < -0.3 is 10.2 Å². The van der Waals surface area contributed by atoms with E-state index < -0.39 is 17.4 Å². The number of carboxylic acids is 2. The van der Waals surface area contributed by atoms with Crippen LogP contribution in [0.1, 0.15) is 117 Å². The Bertz CT molecular complexity index is 324. The van der Waals surface area contributed by atoms with Crippen LogP contribution < -0.4 is 0 Å². The number of unbranched alkanes of at least 4 members (excludes halogenated alkanes) is 12. The van der Waals surface area contributed by atoms with Crippen LogP contribution in [0, 0.1) is 5.41 Å². The molecule has 0 amide bonds. The molecule has 0 saturated carbocycles. The second-order valence-corrected chi connectivity index (χ2v) is 7.44. The molecule has 0 radical (unpaired) electrons. The average molecular weight is 397 g/mol. The fourth-order valence-corrected chi connectivity index (χ4v) is 3.41. The Morgan fingerprint density at radius 1 is 0.577 bits per heavy atom. The minimum atomic E-state index is -1.58. The number of rotatable bonds is 18. The van der Waals surface area contributed by atoms with E-state index in [4.69, 9.17) is 0 Å². The molecule has 0 saturated heterocycles. The third-order valence-electron chi connectivity index (χ3n) is 5.23. The van der Waals surface area contributed by atoms with Crippen molar-refractivity contribution in [2.75, 3.05) is 0 Å². The zero-order valence-electron chi connectivity index (χ0n) is 16.5. The van der Waals surface area contributed by atoms with Crippen molar-refractivity contribution in [1.29, 1.82) is 0 Å². The van der Waals surface area contributed by atoms with E-state index in [2.05, 4.69) is 13.8 Å². The van der Waals surface area contributed by atoms with E-state index in [-0.39, 0.29) is 64.2 Å². The summed E-state index contributed by atoms with van der Waals surface area (Å²) < 4.78 is 0. The molecule has 150 valence electrons. The third kappa shape index (κ3) is 12.9. The molecular weight excluding hydrogens is 355 g/mol. The van der Waals surface area contributed by atoms with Gasteiger partial charge in [0.25, 0.3) is 0 Å². The number of aliphatic carboxylic acids is 2. The van der Waals surface area contributed by atoms with Crippen LogP contribution in [0.2, 0.25) is 0 Å². The molecule has 0 aromatic rings. The van der Waals surface area contributed by atoms with Gasteiger partial charge in [0.1, 0.15) is 0 Å². The van der Waals surface area contributed by atoms with Crippen molar-refractivity contribution in [3.05, 3.63) is 0 Å². The maximum absolute atomic E-state index is 11.7. The van der Waals surface area contributed by atoms with Crippen LogP contribution in [-0.2, 0) is 9.59 Å². The van der Waals surface area contributed by atoms with Gasteiger partial charge in [0.15, 0.2) is 5.41 Å². The van der Waals surface area contributed by atoms with Crippen LogP contribution >= 0.6 is 0 Å². The summed E-state index contributed by atoms with van der Waals surface area (Å²) in [5.41, 5.74) is -1.58. The Labute approximate surface area is 203 Å². The number of hydrogen-bond donors (Lipinski definition) is 2. The first kappa shape index (κ1) is 28.8. The molecule has 5 heteroatoms. The van der Waals surface area contributed by atoms with E-state index in [1.165, 1.54) is 51.4 Å². The molecule has 0 aliphatic heterocycles. The summed E-state index contributed by atoms with van der Waals surface area (Å²) in [6, 6.07) is 0. The van der Waals surface area contributed by atoms with Crippen LogP contribution in [0.15, 0.2) is 0 Å². The van der Waals surface area contributed by atoms with Crippen LogP contribution in [0.25, 0.3) is 0 Å². The predicted molar refractivity (Wildman–Crippen MR) is 110 cm³/mol. The first-order valence-corrected chi connectivity index (χ1v) is 10.5. The zero-order chi connectivity index (χ0) is 19.0. The molecule has 0 rings (SSSR count). The van der Waals surface area contributed by atoms with Crippen LogP contribution in [-0.4, -0.2) is 73.5 Å². The Morgan fingerprint density at radius 2 is 0.846 bits per heavy atom. The summed E-state index contributed by atoms with van der Waals surface area (Å²) in [4.78, 5) is 23.4. The monoisotopic (exact) mass is 396 g/mol. The van der Waals surface area contributed by atoms with Gasteiger partial charge >= 0.3 is 63.3 Å². The summed E-state index contributed by atoms with van der Waals surface area (Å²) >= 11 is 0. The van der Waals surface area contributed by atoms with Gasteiger partial charge in [-0.1, -0.05) is 104 Å². The third-order valence-corrected chi connectivity index (χ3v) is 5.23. The minimum absolute atomic E-state index is 0. The molecule has 2 N–H and O–H groups in total. The van der Waals surface area contributed by atoms with E-state index in [0.717, 1.165) is 25.7 Å². The molecule has 0 atom stereocenters. The molecule has 26 heavy (non-hydrogen) atoms. The van der Waals surface area contributed by atoms with Gasteiger partial charge in [0.2, 0.25) is 0 Å². The Balaban J connectivity index is 0. The Morgan fingerprint density at radius 3 is 1.12 bits per heavy atom. The predicted octanol–water partition coefficient (Wildman–Crippen LogP) is 5.77. The van der Waals surface area contributed by atoms with Crippen molar-refractivity contribution in [3.8, 4) is 0 Å². The van der Waals surface area contributed by atoms with E-state index in [1.807, 2.05) is 0 Å². The van der Waals surface area contributed by atoms with Crippen molar-refractivity contribution < 1.29 is 19.8 Å². The van der Waals surface area contributed by atoms with Crippen molar-refractivity contribution in [3.63, 3.8) is 0 Å². The number of hydrogen-bond acceptors (Lipinski definition) is 2. The number of carbonyl (C=O) groups is 2.